The monoisotopic (exact) mass is 538 g/mol. The number of aliphatic imine (C=N–C) groups is 1. The first-order valence-corrected chi connectivity index (χ1v) is 9.49. The van der Waals surface area contributed by atoms with Crippen LogP contribution in [0.1, 0.15) is 22.4 Å². The van der Waals surface area contributed by atoms with E-state index in [1.54, 1.807) is 18.4 Å². The van der Waals surface area contributed by atoms with Gasteiger partial charge in [0.05, 0.1) is 23.1 Å². The number of thiazole rings is 1. The molecule has 0 atom stereocenters. The van der Waals surface area contributed by atoms with E-state index in [4.69, 9.17) is 4.74 Å². The normalized spacial score (nSPS) is 11.0. The minimum Gasteiger partial charge on any atom is -0.496 e. The molecule has 0 fully saturated rings. The maximum absolute atomic E-state index is 5.25. The van der Waals surface area contributed by atoms with Gasteiger partial charge in [-0.3, -0.25) is 0 Å². The zero-order valence-corrected chi connectivity index (χ0v) is 19.4. The number of nitrogens with one attached hydrogen (secondary N) is 2. The molecule has 25 heavy (non-hydrogen) atoms. The largest absolute Gasteiger partial charge is 0.496 e. The predicted octanol–water partition coefficient (Wildman–Crippen LogP) is 4.14. The standard InChI is InChI=1S/C17H23BrN4OS.HI/c1-4-19-17(20-8-7-16-21-10-12(2)24-16)22-11-13-5-6-15(23-3)14(18)9-13;/h5-6,9-10H,4,7-8,11H2,1-3H3,(H2,19,20,22);1H. The van der Waals surface area contributed by atoms with Crippen molar-refractivity contribution < 1.29 is 4.74 Å². The van der Waals surface area contributed by atoms with Gasteiger partial charge >= 0.3 is 0 Å². The van der Waals surface area contributed by atoms with Crippen molar-refractivity contribution in [1.82, 2.24) is 15.6 Å². The van der Waals surface area contributed by atoms with Gasteiger partial charge in [0, 0.05) is 30.6 Å². The molecule has 1 aromatic carbocycles. The summed E-state index contributed by atoms with van der Waals surface area (Å²) >= 11 is 5.24. The smallest absolute Gasteiger partial charge is 0.191 e. The summed E-state index contributed by atoms with van der Waals surface area (Å²) in [6.07, 6.45) is 2.82. The van der Waals surface area contributed by atoms with Gasteiger partial charge in [-0.25, -0.2) is 9.98 Å². The van der Waals surface area contributed by atoms with Gasteiger partial charge in [-0.05, 0) is 47.5 Å². The number of hydrogen-bond donors (Lipinski definition) is 2. The molecule has 0 radical (unpaired) electrons. The highest BCUT2D eigenvalue weighted by Crippen LogP contribution is 2.25. The Morgan fingerprint density at radius 1 is 1.36 bits per heavy atom. The molecular formula is C17H24BrIN4OS. The summed E-state index contributed by atoms with van der Waals surface area (Å²) in [7, 11) is 1.66. The van der Waals surface area contributed by atoms with Crippen LogP contribution in [-0.4, -0.2) is 31.1 Å². The molecule has 0 aliphatic heterocycles. The fraction of sp³-hybridized carbons (Fsp3) is 0.412. The summed E-state index contributed by atoms with van der Waals surface area (Å²) < 4.78 is 6.19. The van der Waals surface area contributed by atoms with Gasteiger partial charge in [-0.15, -0.1) is 35.3 Å². The maximum Gasteiger partial charge on any atom is 0.191 e. The van der Waals surface area contributed by atoms with E-state index < -0.39 is 0 Å². The molecule has 0 saturated heterocycles. The number of halogens is 2. The van der Waals surface area contributed by atoms with Crippen molar-refractivity contribution in [3.8, 4) is 5.75 Å². The molecule has 2 N–H and O–H groups in total. The number of guanidine groups is 1. The number of nitrogens with zero attached hydrogens (tertiary/aromatic N) is 2. The van der Waals surface area contributed by atoms with Crippen molar-refractivity contribution in [3.63, 3.8) is 0 Å². The molecule has 2 aromatic rings. The SMILES string of the molecule is CCNC(=NCc1ccc(OC)c(Br)c1)NCCc1ncc(C)s1.I. The molecule has 0 saturated carbocycles. The number of aryl methyl sites for hydroxylation is 1. The summed E-state index contributed by atoms with van der Waals surface area (Å²) in [4.78, 5) is 10.3. The fourth-order valence-corrected chi connectivity index (χ4v) is 3.50. The van der Waals surface area contributed by atoms with Crippen LogP contribution in [0.2, 0.25) is 0 Å². The molecule has 0 aliphatic rings. The Kier molecular flexibility index (Phi) is 10.4. The lowest BCUT2D eigenvalue weighted by molar-refractivity contribution is 0.412. The van der Waals surface area contributed by atoms with E-state index in [0.29, 0.717) is 6.54 Å². The highest BCUT2D eigenvalue weighted by molar-refractivity contribution is 14.0. The Morgan fingerprint density at radius 3 is 2.76 bits per heavy atom. The van der Waals surface area contributed by atoms with Gasteiger partial charge in [0.1, 0.15) is 5.75 Å². The van der Waals surface area contributed by atoms with E-state index in [2.05, 4.69) is 50.4 Å². The highest BCUT2D eigenvalue weighted by atomic mass is 127. The van der Waals surface area contributed by atoms with E-state index in [-0.39, 0.29) is 24.0 Å². The van der Waals surface area contributed by atoms with Gasteiger partial charge in [0.25, 0.3) is 0 Å². The Morgan fingerprint density at radius 2 is 2.16 bits per heavy atom. The predicted molar refractivity (Wildman–Crippen MR) is 119 cm³/mol. The van der Waals surface area contributed by atoms with Crippen LogP contribution in [0.4, 0.5) is 0 Å². The topological polar surface area (TPSA) is 58.5 Å². The number of methoxy groups -OCH3 is 1. The summed E-state index contributed by atoms with van der Waals surface area (Å²) in [5, 5.41) is 7.77. The van der Waals surface area contributed by atoms with E-state index in [1.165, 1.54) is 4.88 Å². The molecule has 8 heteroatoms. The first-order valence-electron chi connectivity index (χ1n) is 7.88. The molecular weight excluding hydrogens is 515 g/mol. The van der Waals surface area contributed by atoms with Gasteiger partial charge in [-0.1, -0.05) is 6.07 Å². The number of benzene rings is 1. The summed E-state index contributed by atoms with van der Waals surface area (Å²) in [6.45, 7) is 6.38. The van der Waals surface area contributed by atoms with Crippen LogP contribution in [0.5, 0.6) is 5.75 Å². The quantitative estimate of drug-likeness (QED) is 0.316. The molecule has 5 nitrogen and oxygen atoms in total. The molecule has 0 amide bonds. The first-order chi connectivity index (χ1) is 11.6. The Bertz CT molecular complexity index is 693. The average molecular weight is 539 g/mol. The minimum absolute atomic E-state index is 0. The number of hydrogen-bond acceptors (Lipinski definition) is 4. The van der Waals surface area contributed by atoms with Crippen molar-refractivity contribution in [2.75, 3.05) is 20.2 Å². The highest BCUT2D eigenvalue weighted by Gasteiger charge is 2.03. The zero-order chi connectivity index (χ0) is 17.4. The molecule has 0 bridgehead atoms. The first kappa shape index (κ1) is 22.2. The van der Waals surface area contributed by atoms with Crippen molar-refractivity contribution >= 4 is 57.2 Å². The van der Waals surface area contributed by atoms with Crippen LogP contribution in [-0.2, 0) is 13.0 Å². The fourth-order valence-electron chi connectivity index (χ4n) is 2.13. The van der Waals surface area contributed by atoms with E-state index in [9.17, 15) is 0 Å². The number of aromatic nitrogens is 1. The molecule has 1 heterocycles. The van der Waals surface area contributed by atoms with Crippen molar-refractivity contribution in [3.05, 3.63) is 44.3 Å². The van der Waals surface area contributed by atoms with Crippen LogP contribution in [0.15, 0.2) is 33.9 Å². The second-order valence-electron chi connectivity index (χ2n) is 5.21. The number of rotatable bonds is 7. The second kappa shape index (κ2) is 11.7. The molecule has 138 valence electrons. The van der Waals surface area contributed by atoms with Crippen LogP contribution in [0.3, 0.4) is 0 Å². The average Bonchev–Trinajstić information content (AvgIpc) is 2.98. The Labute approximate surface area is 178 Å². The van der Waals surface area contributed by atoms with E-state index in [0.717, 1.165) is 46.3 Å². The van der Waals surface area contributed by atoms with Crippen LogP contribution >= 0.6 is 51.2 Å². The summed E-state index contributed by atoms with van der Waals surface area (Å²) in [6, 6.07) is 6.00. The van der Waals surface area contributed by atoms with E-state index >= 15 is 0 Å². The van der Waals surface area contributed by atoms with Crippen molar-refractivity contribution in [1.29, 1.82) is 0 Å². The van der Waals surface area contributed by atoms with Crippen LogP contribution < -0.4 is 15.4 Å². The van der Waals surface area contributed by atoms with Crippen LogP contribution in [0, 0.1) is 6.92 Å². The summed E-state index contributed by atoms with van der Waals surface area (Å²) in [5.74, 6) is 1.64. The van der Waals surface area contributed by atoms with Gasteiger partial charge in [-0.2, -0.15) is 0 Å². The molecule has 2 rings (SSSR count). The second-order valence-corrected chi connectivity index (χ2v) is 7.38. The number of ether oxygens (including phenoxy) is 1. The molecule has 0 aliphatic carbocycles. The van der Waals surface area contributed by atoms with E-state index in [1.807, 2.05) is 24.4 Å². The minimum atomic E-state index is 0. The maximum atomic E-state index is 5.25. The summed E-state index contributed by atoms with van der Waals surface area (Å²) in [5.41, 5.74) is 1.12. The third-order valence-electron chi connectivity index (χ3n) is 3.28. The molecule has 0 unspecified atom stereocenters. The molecule has 1 aromatic heterocycles. The van der Waals surface area contributed by atoms with Crippen molar-refractivity contribution in [2.45, 2.75) is 26.8 Å². The van der Waals surface area contributed by atoms with Gasteiger partial charge in [0.2, 0.25) is 0 Å². The lowest BCUT2D eigenvalue weighted by atomic mass is 10.2. The third kappa shape index (κ3) is 7.49. The Balaban J connectivity index is 0.00000312. The Hall–Kier alpha value is -0.870. The zero-order valence-electron chi connectivity index (χ0n) is 14.6. The molecule has 0 spiro atoms. The lowest BCUT2D eigenvalue weighted by Crippen LogP contribution is -2.38. The van der Waals surface area contributed by atoms with Gasteiger partial charge in [0.15, 0.2) is 5.96 Å². The van der Waals surface area contributed by atoms with Gasteiger partial charge < -0.3 is 15.4 Å². The third-order valence-corrected chi connectivity index (χ3v) is 4.87. The lowest BCUT2D eigenvalue weighted by Gasteiger charge is -2.11. The van der Waals surface area contributed by atoms with Crippen molar-refractivity contribution in [2.24, 2.45) is 4.99 Å². The van der Waals surface area contributed by atoms with Crippen LogP contribution in [0.25, 0.3) is 0 Å².